The minimum absolute atomic E-state index is 0.0470. The van der Waals surface area contributed by atoms with Gasteiger partial charge >= 0.3 is 6.03 Å². The highest BCUT2D eigenvalue weighted by Crippen LogP contribution is 2.19. The Balaban J connectivity index is 2.05. The van der Waals surface area contributed by atoms with E-state index in [1.54, 1.807) is 24.3 Å². The molecule has 6 heteroatoms. The fourth-order valence-electron chi connectivity index (χ4n) is 1.49. The molecule has 0 aliphatic rings. The zero-order chi connectivity index (χ0) is 13.8. The number of benzene rings is 2. The van der Waals surface area contributed by atoms with Crippen LogP contribution in [0.1, 0.15) is 0 Å². The van der Waals surface area contributed by atoms with Gasteiger partial charge in [0.05, 0.1) is 5.69 Å². The number of amides is 2. The number of hydrogen-bond acceptors (Lipinski definition) is 2. The van der Waals surface area contributed by atoms with Crippen molar-refractivity contribution in [2.75, 3.05) is 16.4 Å². The molecular weight excluding hydrogens is 269 g/mol. The molecule has 0 fully saturated rings. The number of nitrogens with one attached hydrogen (secondary N) is 2. The molecule has 0 bridgehead atoms. The van der Waals surface area contributed by atoms with Crippen molar-refractivity contribution in [3.05, 3.63) is 53.3 Å². The SMILES string of the molecule is Nc1cccc(NC(=O)Nc2ccc(Cl)cc2F)c1. The summed E-state index contributed by atoms with van der Waals surface area (Å²) in [6.07, 6.45) is 0. The van der Waals surface area contributed by atoms with Crippen molar-refractivity contribution < 1.29 is 9.18 Å². The standard InChI is InChI=1S/C13H11ClFN3O/c14-8-4-5-12(11(15)6-8)18-13(19)17-10-3-1-2-9(16)7-10/h1-7H,16H2,(H2,17,18,19). The fraction of sp³-hybridized carbons (Fsp3) is 0. The number of anilines is 3. The van der Waals surface area contributed by atoms with Crippen molar-refractivity contribution in [3.63, 3.8) is 0 Å². The van der Waals surface area contributed by atoms with Crippen LogP contribution in [0.15, 0.2) is 42.5 Å². The van der Waals surface area contributed by atoms with E-state index in [1.807, 2.05) is 0 Å². The van der Waals surface area contributed by atoms with E-state index in [-0.39, 0.29) is 10.7 Å². The summed E-state index contributed by atoms with van der Waals surface area (Å²) < 4.78 is 13.5. The number of rotatable bonds is 2. The number of nitrogen functional groups attached to an aromatic ring is 1. The van der Waals surface area contributed by atoms with Gasteiger partial charge in [-0.1, -0.05) is 17.7 Å². The molecule has 2 amide bonds. The minimum atomic E-state index is -0.602. The average Bonchev–Trinajstić information content (AvgIpc) is 2.33. The van der Waals surface area contributed by atoms with Gasteiger partial charge in [-0.3, -0.25) is 0 Å². The lowest BCUT2D eigenvalue weighted by Crippen LogP contribution is -2.20. The summed E-state index contributed by atoms with van der Waals surface area (Å²) in [4.78, 5) is 11.7. The summed E-state index contributed by atoms with van der Waals surface area (Å²) in [5.74, 6) is -0.602. The summed E-state index contributed by atoms with van der Waals surface area (Å²) >= 11 is 5.62. The fourth-order valence-corrected chi connectivity index (χ4v) is 1.65. The van der Waals surface area contributed by atoms with Crippen LogP contribution in [0, 0.1) is 5.82 Å². The van der Waals surface area contributed by atoms with Gasteiger partial charge < -0.3 is 16.4 Å². The topological polar surface area (TPSA) is 67.1 Å². The van der Waals surface area contributed by atoms with Crippen LogP contribution in [-0.4, -0.2) is 6.03 Å². The van der Waals surface area contributed by atoms with Gasteiger partial charge in [0.15, 0.2) is 0 Å². The summed E-state index contributed by atoms with van der Waals surface area (Å²) in [6, 6.07) is 10.1. The molecule has 0 heterocycles. The van der Waals surface area contributed by atoms with Crippen LogP contribution in [0.3, 0.4) is 0 Å². The van der Waals surface area contributed by atoms with Crippen LogP contribution in [0.4, 0.5) is 26.2 Å². The van der Waals surface area contributed by atoms with E-state index in [9.17, 15) is 9.18 Å². The van der Waals surface area contributed by atoms with E-state index >= 15 is 0 Å². The Bertz CT molecular complexity index is 619. The van der Waals surface area contributed by atoms with Gasteiger partial charge in [0, 0.05) is 16.4 Å². The Morgan fingerprint density at radius 1 is 1.16 bits per heavy atom. The Labute approximate surface area is 114 Å². The molecule has 4 N–H and O–H groups in total. The van der Waals surface area contributed by atoms with Crippen LogP contribution in [0.25, 0.3) is 0 Å². The summed E-state index contributed by atoms with van der Waals surface area (Å²) in [7, 11) is 0. The summed E-state index contributed by atoms with van der Waals surface area (Å²) in [5, 5.41) is 5.19. The quantitative estimate of drug-likeness (QED) is 0.734. The molecular formula is C13H11ClFN3O. The van der Waals surface area contributed by atoms with Crippen LogP contribution < -0.4 is 16.4 Å². The monoisotopic (exact) mass is 279 g/mol. The lowest BCUT2D eigenvalue weighted by Gasteiger charge is -2.09. The summed E-state index contributed by atoms with van der Waals surface area (Å²) in [5.41, 5.74) is 6.67. The van der Waals surface area contributed by atoms with Crippen molar-refractivity contribution in [2.24, 2.45) is 0 Å². The summed E-state index contributed by atoms with van der Waals surface area (Å²) in [6.45, 7) is 0. The third-order valence-corrected chi connectivity index (χ3v) is 2.56. The van der Waals surface area contributed by atoms with E-state index in [0.717, 1.165) is 6.07 Å². The lowest BCUT2D eigenvalue weighted by atomic mass is 10.3. The molecule has 0 aromatic heterocycles. The number of carbonyl (C=O) groups excluding carboxylic acids is 1. The Hall–Kier alpha value is -2.27. The largest absolute Gasteiger partial charge is 0.399 e. The number of carbonyl (C=O) groups is 1. The molecule has 4 nitrogen and oxygen atoms in total. The van der Waals surface area contributed by atoms with Gasteiger partial charge in [-0.15, -0.1) is 0 Å². The Morgan fingerprint density at radius 3 is 2.63 bits per heavy atom. The number of nitrogens with two attached hydrogens (primary N) is 1. The molecule has 98 valence electrons. The van der Waals surface area contributed by atoms with Gasteiger partial charge in [-0.25, -0.2) is 9.18 Å². The second kappa shape index (κ2) is 5.58. The first-order valence-electron chi connectivity index (χ1n) is 5.43. The van der Waals surface area contributed by atoms with Crippen LogP contribution in [0.5, 0.6) is 0 Å². The molecule has 0 saturated carbocycles. The van der Waals surface area contributed by atoms with Crippen molar-refractivity contribution in [2.45, 2.75) is 0 Å². The first-order chi connectivity index (χ1) is 9.04. The third kappa shape index (κ3) is 3.59. The molecule has 19 heavy (non-hydrogen) atoms. The maximum Gasteiger partial charge on any atom is 0.323 e. The molecule has 0 atom stereocenters. The smallest absolute Gasteiger partial charge is 0.323 e. The van der Waals surface area contributed by atoms with E-state index < -0.39 is 11.8 Å². The van der Waals surface area contributed by atoms with E-state index in [4.69, 9.17) is 17.3 Å². The first-order valence-corrected chi connectivity index (χ1v) is 5.81. The van der Waals surface area contributed by atoms with Crippen LogP contribution in [0.2, 0.25) is 5.02 Å². The zero-order valence-electron chi connectivity index (χ0n) is 9.78. The average molecular weight is 280 g/mol. The molecule has 0 unspecified atom stereocenters. The predicted molar refractivity (Wildman–Crippen MR) is 74.9 cm³/mol. The zero-order valence-corrected chi connectivity index (χ0v) is 10.5. The maximum atomic E-state index is 13.5. The molecule has 0 aliphatic carbocycles. The molecule has 0 spiro atoms. The van der Waals surface area contributed by atoms with Crippen molar-refractivity contribution in [1.29, 1.82) is 0 Å². The minimum Gasteiger partial charge on any atom is -0.399 e. The highest BCUT2D eigenvalue weighted by Gasteiger charge is 2.07. The number of halogens is 2. The first kappa shape index (κ1) is 13.2. The molecule has 2 aromatic rings. The van der Waals surface area contributed by atoms with Crippen molar-refractivity contribution in [3.8, 4) is 0 Å². The molecule has 2 aromatic carbocycles. The van der Waals surface area contributed by atoms with Gasteiger partial charge in [0.25, 0.3) is 0 Å². The van der Waals surface area contributed by atoms with Gasteiger partial charge in [-0.05, 0) is 36.4 Å². The van der Waals surface area contributed by atoms with Crippen LogP contribution in [-0.2, 0) is 0 Å². The van der Waals surface area contributed by atoms with E-state index in [2.05, 4.69) is 10.6 Å². The number of urea groups is 1. The highest BCUT2D eigenvalue weighted by molar-refractivity contribution is 6.30. The molecule has 2 rings (SSSR count). The maximum absolute atomic E-state index is 13.5. The molecule has 0 saturated heterocycles. The Kier molecular flexibility index (Phi) is 3.87. The van der Waals surface area contributed by atoms with Gasteiger partial charge in [0.1, 0.15) is 5.82 Å². The van der Waals surface area contributed by atoms with E-state index in [1.165, 1.54) is 12.1 Å². The van der Waals surface area contributed by atoms with E-state index in [0.29, 0.717) is 11.4 Å². The van der Waals surface area contributed by atoms with Crippen molar-refractivity contribution >= 4 is 34.7 Å². The second-order valence-electron chi connectivity index (χ2n) is 3.83. The van der Waals surface area contributed by atoms with Crippen LogP contribution >= 0.6 is 11.6 Å². The van der Waals surface area contributed by atoms with Gasteiger partial charge in [0.2, 0.25) is 0 Å². The normalized spacial score (nSPS) is 10.0. The second-order valence-corrected chi connectivity index (χ2v) is 4.27. The predicted octanol–water partition coefficient (Wildman–Crippen LogP) is 3.71. The highest BCUT2D eigenvalue weighted by atomic mass is 35.5. The van der Waals surface area contributed by atoms with Gasteiger partial charge in [-0.2, -0.15) is 0 Å². The van der Waals surface area contributed by atoms with Crippen molar-refractivity contribution in [1.82, 2.24) is 0 Å². The Morgan fingerprint density at radius 2 is 1.95 bits per heavy atom. The molecule has 0 aliphatic heterocycles. The number of hydrogen-bond donors (Lipinski definition) is 3. The lowest BCUT2D eigenvalue weighted by molar-refractivity contribution is 0.262. The molecule has 0 radical (unpaired) electrons. The third-order valence-electron chi connectivity index (χ3n) is 2.32.